The molecule has 0 saturated carbocycles. The van der Waals surface area contributed by atoms with Crippen molar-refractivity contribution in [3.05, 3.63) is 36.0 Å². The van der Waals surface area contributed by atoms with E-state index in [1.165, 1.54) is 0 Å². The maximum absolute atomic E-state index is 5.54. The van der Waals surface area contributed by atoms with Gasteiger partial charge < -0.3 is 14.2 Å². The molecule has 0 amide bonds. The minimum absolute atomic E-state index is 0.104. The Kier molecular flexibility index (Phi) is 3.45. The summed E-state index contributed by atoms with van der Waals surface area (Å²) in [5, 5.41) is 6.19. The molecule has 98 valence electrons. The Hall–Kier alpha value is -1.71. The van der Waals surface area contributed by atoms with E-state index in [1.807, 2.05) is 32.4 Å². The average Bonchev–Trinajstić information content (AvgIpc) is 2.94. The van der Waals surface area contributed by atoms with E-state index in [-0.39, 0.29) is 11.3 Å². The lowest BCUT2D eigenvalue weighted by molar-refractivity contribution is 0.263. The molecule has 0 saturated heterocycles. The average molecular weight is 248 g/mol. The summed E-state index contributed by atoms with van der Waals surface area (Å²) < 4.78 is 10.9. The van der Waals surface area contributed by atoms with Gasteiger partial charge in [-0.25, -0.2) is 0 Å². The summed E-state index contributed by atoms with van der Waals surface area (Å²) in [7, 11) is 5.54. The summed E-state index contributed by atoms with van der Waals surface area (Å²) in [6, 6.07) is 3.92. The van der Waals surface area contributed by atoms with Crippen LogP contribution in [0.5, 0.6) is 0 Å². The van der Waals surface area contributed by atoms with Gasteiger partial charge in [0, 0.05) is 38.1 Å². The van der Waals surface area contributed by atoms with E-state index in [9.17, 15) is 0 Å². The Balaban J connectivity index is 2.30. The van der Waals surface area contributed by atoms with Gasteiger partial charge in [-0.1, -0.05) is 6.92 Å². The molecule has 0 spiro atoms. The predicted octanol–water partition coefficient (Wildman–Crippen LogP) is 2.85. The van der Waals surface area contributed by atoms with Crippen molar-refractivity contribution in [2.45, 2.75) is 19.3 Å². The highest BCUT2D eigenvalue weighted by Crippen LogP contribution is 2.47. The van der Waals surface area contributed by atoms with Crippen molar-refractivity contribution < 1.29 is 9.15 Å². The van der Waals surface area contributed by atoms with Crippen LogP contribution >= 0.6 is 0 Å². The number of allylic oxidation sites excluding steroid dienone is 2. The van der Waals surface area contributed by atoms with Crippen LogP contribution in [0, 0.1) is 5.41 Å². The maximum Gasteiger partial charge on any atom is 0.111 e. The second-order valence-electron chi connectivity index (χ2n) is 5.10. The second kappa shape index (κ2) is 4.88. The summed E-state index contributed by atoms with van der Waals surface area (Å²) in [4.78, 5) is 0. The fourth-order valence-corrected chi connectivity index (χ4v) is 2.31. The minimum atomic E-state index is -0.104. The molecule has 2 rings (SSSR count). The van der Waals surface area contributed by atoms with Gasteiger partial charge in [0.1, 0.15) is 5.76 Å². The van der Waals surface area contributed by atoms with Crippen LogP contribution < -0.4 is 0 Å². The smallest absolute Gasteiger partial charge is 0.111 e. The van der Waals surface area contributed by atoms with Gasteiger partial charge in [0.25, 0.3) is 0 Å². The molecule has 0 N–H and O–H groups in total. The number of ether oxygens (including phenoxy) is 1. The zero-order valence-electron chi connectivity index (χ0n) is 11.4. The molecule has 0 radical (unpaired) electrons. The molecule has 0 unspecified atom stereocenters. The quantitative estimate of drug-likeness (QED) is 0.607. The lowest BCUT2D eigenvalue weighted by atomic mass is 9.79. The van der Waals surface area contributed by atoms with Gasteiger partial charge in [-0.15, -0.1) is 0 Å². The molecule has 4 nitrogen and oxygen atoms in total. The van der Waals surface area contributed by atoms with Crippen molar-refractivity contribution in [3.8, 4) is 0 Å². The van der Waals surface area contributed by atoms with E-state index in [0.29, 0.717) is 0 Å². The number of rotatable bonds is 4. The summed E-state index contributed by atoms with van der Waals surface area (Å²) in [6.45, 7) is 2.18. The van der Waals surface area contributed by atoms with E-state index in [2.05, 4.69) is 18.1 Å². The highest BCUT2D eigenvalue weighted by atomic mass is 16.5. The predicted molar refractivity (Wildman–Crippen MR) is 71.4 cm³/mol. The minimum Gasteiger partial charge on any atom is -0.501 e. The number of furan rings is 1. The Bertz CT molecular complexity index is 448. The van der Waals surface area contributed by atoms with Gasteiger partial charge in [0.05, 0.1) is 19.1 Å². The first-order valence-electron chi connectivity index (χ1n) is 6.06. The monoisotopic (exact) mass is 248 g/mol. The molecule has 0 aromatic carbocycles. The number of methoxy groups -OCH3 is 1. The molecule has 1 aliphatic rings. The molecule has 1 heterocycles. The third-order valence-corrected chi connectivity index (χ3v) is 3.31. The highest BCUT2D eigenvalue weighted by Gasteiger charge is 2.41. The van der Waals surface area contributed by atoms with Crippen molar-refractivity contribution in [1.29, 1.82) is 0 Å². The van der Waals surface area contributed by atoms with Crippen LogP contribution in [0.1, 0.15) is 25.0 Å². The molecule has 0 fully saturated rings. The number of hydrogen-bond donors (Lipinski definition) is 0. The summed E-state index contributed by atoms with van der Waals surface area (Å²) in [6.07, 6.45) is 6.66. The molecular formula is C14H20N2O2. The molecular weight excluding hydrogens is 228 g/mol. The van der Waals surface area contributed by atoms with Crippen LogP contribution in [0.2, 0.25) is 0 Å². The zero-order chi connectivity index (χ0) is 13.2. The van der Waals surface area contributed by atoms with E-state index in [4.69, 9.17) is 9.15 Å². The van der Waals surface area contributed by atoms with Crippen molar-refractivity contribution in [1.82, 2.24) is 5.01 Å². The molecule has 2 atom stereocenters. The lowest BCUT2D eigenvalue weighted by Gasteiger charge is -2.26. The first-order valence-corrected chi connectivity index (χ1v) is 6.06. The third-order valence-electron chi connectivity index (χ3n) is 3.31. The maximum atomic E-state index is 5.54. The van der Waals surface area contributed by atoms with E-state index >= 15 is 0 Å². The van der Waals surface area contributed by atoms with Gasteiger partial charge in [0.15, 0.2) is 0 Å². The SMILES string of the molecule is COC1=C[C@@H](c2ccco2)[C@](C)(/C=N/N(C)C)C1. The zero-order valence-corrected chi connectivity index (χ0v) is 11.4. The molecule has 0 aliphatic heterocycles. The first-order chi connectivity index (χ1) is 8.55. The van der Waals surface area contributed by atoms with Crippen LogP contribution in [0.4, 0.5) is 0 Å². The van der Waals surface area contributed by atoms with Crippen molar-refractivity contribution >= 4 is 6.21 Å². The van der Waals surface area contributed by atoms with Crippen molar-refractivity contribution in [2.24, 2.45) is 10.5 Å². The third kappa shape index (κ3) is 2.42. The van der Waals surface area contributed by atoms with Crippen molar-refractivity contribution in [2.75, 3.05) is 21.2 Å². The van der Waals surface area contributed by atoms with Crippen LogP contribution in [0.15, 0.2) is 39.7 Å². The van der Waals surface area contributed by atoms with Gasteiger partial charge in [-0.2, -0.15) is 5.10 Å². The first kappa shape index (κ1) is 12.7. The Morgan fingerprint density at radius 3 is 2.89 bits per heavy atom. The van der Waals surface area contributed by atoms with Gasteiger partial charge in [-0.3, -0.25) is 0 Å². The number of hydrogen-bond acceptors (Lipinski definition) is 4. The summed E-state index contributed by atoms with van der Waals surface area (Å²) in [5.74, 6) is 2.12. The van der Waals surface area contributed by atoms with Crippen LogP contribution in [0.3, 0.4) is 0 Å². The number of hydrazone groups is 1. The number of nitrogens with zero attached hydrogens (tertiary/aromatic N) is 2. The van der Waals surface area contributed by atoms with Crippen LogP contribution in [-0.2, 0) is 4.74 Å². The normalized spacial score (nSPS) is 27.6. The lowest BCUT2D eigenvalue weighted by Crippen LogP contribution is -2.24. The van der Waals surface area contributed by atoms with Crippen LogP contribution in [-0.4, -0.2) is 32.4 Å². The van der Waals surface area contributed by atoms with E-state index < -0.39 is 0 Å². The fraction of sp³-hybridized carbons (Fsp3) is 0.500. The summed E-state index contributed by atoms with van der Waals surface area (Å²) in [5.41, 5.74) is -0.104. The van der Waals surface area contributed by atoms with Gasteiger partial charge in [-0.05, 0) is 18.2 Å². The fourth-order valence-electron chi connectivity index (χ4n) is 2.31. The Morgan fingerprint density at radius 1 is 1.56 bits per heavy atom. The Morgan fingerprint density at radius 2 is 2.33 bits per heavy atom. The molecule has 18 heavy (non-hydrogen) atoms. The van der Waals surface area contributed by atoms with Crippen LogP contribution in [0.25, 0.3) is 0 Å². The molecule has 1 aliphatic carbocycles. The largest absolute Gasteiger partial charge is 0.501 e. The Labute approximate surface area is 108 Å². The highest BCUT2D eigenvalue weighted by molar-refractivity contribution is 5.69. The summed E-state index contributed by atoms with van der Waals surface area (Å²) >= 11 is 0. The molecule has 0 bridgehead atoms. The molecule has 1 aromatic rings. The molecule has 1 aromatic heterocycles. The van der Waals surface area contributed by atoms with E-state index in [0.717, 1.165) is 17.9 Å². The van der Waals surface area contributed by atoms with Crippen molar-refractivity contribution in [3.63, 3.8) is 0 Å². The second-order valence-corrected chi connectivity index (χ2v) is 5.10. The standard InChI is InChI=1S/C14H20N2O2/c1-14(10-15-16(2)3)9-11(17-4)8-12(14)13-6-5-7-18-13/h5-8,10,12H,9H2,1-4H3/b15-10+/t12-,14-/m0/s1. The topological polar surface area (TPSA) is 38.0 Å². The molecule has 4 heteroatoms. The van der Waals surface area contributed by atoms with E-state index in [1.54, 1.807) is 18.4 Å². The van der Waals surface area contributed by atoms with Gasteiger partial charge >= 0.3 is 0 Å². The van der Waals surface area contributed by atoms with Gasteiger partial charge in [0.2, 0.25) is 0 Å².